The zero-order valence-electron chi connectivity index (χ0n) is 1.62. The molecule has 26 valence electrons. The molecule has 0 aromatic heterocycles. The Morgan fingerprint density at radius 1 is 1.00 bits per heavy atom. The number of hydrogen-bond acceptors (Lipinski definition) is 1. The molecule has 0 aliphatic rings. The van der Waals surface area contributed by atoms with E-state index in [1.807, 2.05) is 0 Å². The fourth-order valence-electron chi connectivity index (χ4n) is 0. The third kappa shape index (κ3) is 9.65. The summed E-state index contributed by atoms with van der Waals surface area (Å²) in [6.07, 6.45) is 0. The van der Waals surface area contributed by atoms with Crippen LogP contribution in [-0.4, -0.2) is 0 Å². The molecule has 0 unspecified atom stereocenters. The third-order valence-electron chi connectivity index (χ3n) is 0. The van der Waals surface area contributed by atoms with Gasteiger partial charge >= 0.3 is 0 Å². The van der Waals surface area contributed by atoms with Crippen molar-refractivity contribution in [2.75, 3.05) is 0 Å². The van der Waals surface area contributed by atoms with E-state index in [0.717, 1.165) is 0 Å². The van der Waals surface area contributed by atoms with E-state index in [2.05, 4.69) is 0 Å². The van der Waals surface area contributed by atoms with Crippen LogP contribution < -0.4 is 6.15 Å². The zero-order chi connectivity index (χ0) is 0. The fraction of sp³-hybridized carbons (Fsp3) is 1.00. The SMILES string of the molecule is C.N.[W].[Zr]. The summed E-state index contributed by atoms with van der Waals surface area (Å²) in [6.45, 7) is 0. The molecule has 1 nitrogen and oxygen atoms in total. The zero-order valence-corrected chi connectivity index (χ0v) is 7.01. The van der Waals surface area contributed by atoms with Crippen LogP contribution in [0.4, 0.5) is 0 Å². The maximum atomic E-state index is 0. The van der Waals surface area contributed by atoms with Gasteiger partial charge in [0, 0.05) is 47.3 Å². The average Bonchev–Trinajstić information content (AvgIpc) is 0. The number of rotatable bonds is 0. The summed E-state index contributed by atoms with van der Waals surface area (Å²) < 4.78 is 0. The molecule has 3 N–H and O–H groups in total. The molecular formula is CH7NWZr. The summed E-state index contributed by atoms with van der Waals surface area (Å²) in [7, 11) is 0. The summed E-state index contributed by atoms with van der Waals surface area (Å²) >= 11 is 0. The van der Waals surface area contributed by atoms with Crippen molar-refractivity contribution in [3.05, 3.63) is 0 Å². The standard InChI is InChI=1S/CH4.H3N.W.Zr/h1H4;1H3;;. The Hall–Kier alpha value is 1.53. The first-order chi connectivity index (χ1) is 0. The van der Waals surface area contributed by atoms with Gasteiger partial charge in [0.1, 0.15) is 0 Å². The molecule has 3 heteroatoms. The predicted octanol–water partition coefficient (Wildman–Crippen LogP) is 0.793. The van der Waals surface area contributed by atoms with E-state index >= 15 is 0 Å². The molecule has 0 radical (unpaired) electrons. The van der Waals surface area contributed by atoms with Gasteiger partial charge in [0.2, 0.25) is 0 Å². The van der Waals surface area contributed by atoms with Crippen molar-refractivity contribution >= 4 is 0 Å². The largest absolute Gasteiger partial charge is 0.344 e. The van der Waals surface area contributed by atoms with Crippen LogP contribution in [0.5, 0.6) is 0 Å². The third-order valence-corrected chi connectivity index (χ3v) is 0. The van der Waals surface area contributed by atoms with Crippen LogP contribution in [-0.2, 0) is 47.3 Å². The van der Waals surface area contributed by atoms with Crippen molar-refractivity contribution in [1.82, 2.24) is 6.15 Å². The van der Waals surface area contributed by atoms with E-state index in [1.165, 1.54) is 0 Å². The fourth-order valence-corrected chi connectivity index (χ4v) is 0. The molecule has 0 spiro atoms. The van der Waals surface area contributed by atoms with Crippen LogP contribution >= 0.6 is 0 Å². The summed E-state index contributed by atoms with van der Waals surface area (Å²) in [5, 5.41) is 0. The van der Waals surface area contributed by atoms with Gasteiger partial charge < -0.3 is 6.15 Å². The minimum atomic E-state index is 0. The summed E-state index contributed by atoms with van der Waals surface area (Å²) in [5.41, 5.74) is 0. The molecule has 0 saturated carbocycles. The van der Waals surface area contributed by atoms with Gasteiger partial charge in [-0.25, -0.2) is 0 Å². The topological polar surface area (TPSA) is 35.0 Å². The maximum absolute atomic E-state index is 0. The second kappa shape index (κ2) is 24.1. The van der Waals surface area contributed by atoms with Crippen LogP contribution in [0.25, 0.3) is 0 Å². The molecule has 0 aromatic carbocycles. The monoisotopic (exact) mass is 307 g/mol. The van der Waals surface area contributed by atoms with Gasteiger partial charge in [-0.3, -0.25) is 0 Å². The van der Waals surface area contributed by atoms with Crippen molar-refractivity contribution in [1.29, 1.82) is 0 Å². The Kier molecular flexibility index (Phi) is 292. The van der Waals surface area contributed by atoms with Gasteiger partial charge in [-0.05, 0) is 0 Å². The van der Waals surface area contributed by atoms with Crippen molar-refractivity contribution in [2.24, 2.45) is 0 Å². The van der Waals surface area contributed by atoms with Gasteiger partial charge in [0.15, 0.2) is 0 Å². The Balaban J connectivity index is 0. The molecule has 0 atom stereocenters. The van der Waals surface area contributed by atoms with E-state index in [-0.39, 0.29) is 60.8 Å². The molecule has 0 aliphatic heterocycles. The van der Waals surface area contributed by atoms with Crippen molar-refractivity contribution in [3.8, 4) is 0 Å². The van der Waals surface area contributed by atoms with Gasteiger partial charge in [-0.2, -0.15) is 0 Å². The van der Waals surface area contributed by atoms with Crippen LogP contribution in [0.15, 0.2) is 0 Å². The summed E-state index contributed by atoms with van der Waals surface area (Å²) in [4.78, 5) is 0. The quantitative estimate of drug-likeness (QED) is 0.706. The van der Waals surface area contributed by atoms with Gasteiger partial charge in [0.25, 0.3) is 0 Å². The van der Waals surface area contributed by atoms with E-state index in [4.69, 9.17) is 0 Å². The average molecular weight is 308 g/mol. The van der Waals surface area contributed by atoms with E-state index in [1.54, 1.807) is 0 Å². The van der Waals surface area contributed by atoms with Crippen LogP contribution in [0.2, 0.25) is 0 Å². The van der Waals surface area contributed by atoms with Crippen LogP contribution in [0.1, 0.15) is 7.43 Å². The van der Waals surface area contributed by atoms with E-state index in [0.29, 0.717) is 0 Å². The Bertz CT molecular complexity index is 8.00. The molecule has 0 rings (SSSR count). The van der Waals surface area contributed by atoms with Crippen molar-refractivity contribution in [3.63, 3.8) is 0 Å². The molecular weight excluding hydrogens is 301 g/mol. The van der Waals surface area contributed by atoms with Crippen molar-refractivity contribution < 1.29 is 47.3 Å². The molecule has 0 aromatic rings. The Morgan fingerprint density at radius 2 is 1.00 bits per heavy atom. The Morgan fingerprint density at radius 3 is 1.00 bits per heavy atom. The first-order valence-corrected chi connectivity index (χ1v) is 0. The first-order valence-electron chi connectivity index (χ1n) is 0. The second-order valence-electron chi connectivity index (χ2n) is 0. The molecule has 0 aliphatic carbocycles. The van der Waals surface area contributed by atoms with Crippen molar-refractivity contribution in [2.45, 2.75) is 7.43 Å². The predicted molar refractivity (Wildman–Crippen MR) is 11.8 cm³/mol. The summed E-state index contributed by atoms with van der Waals surface area (Å²) in [6, 6.07) is 0. The van der Waals surface area contributed by atoms with Gasteiger partial charge in [-0.15, -0.1) is 0 Å². The smallest absolute Gasteiger partial charge is 0 e. The normalized spacial score (nSPS) is 0. The molecule has 0 heterocycles. The van der Waals surface area contributed by atoms with Crippen LogP contribution in [0.3, 0.4) is 0 Å². The second-order valence-corrected chi connectivity index (χ2v) is 0. The minimum Gasteiger partial charge on any atom is -0.344 e. The molecule has 4 heavy (non-hydrogen) atoms. The van der Waals surface area contributed by atoms with E-state index in [9.17, 15) is 0 Å². The molecule has 0 bridgehead atoms. The Labute approximate surface area is 60.5 Å². The van der Waals surface area contributed by atoms with Gasteiger partial charge in [0.05, 0.1) is 0 Å². The maximum Gasteiger partial charge on any atom is 0 e. The van der Waals surface area contributed by atoms with E-state index < -0.39 is 0 Å². The molecule has 0 saturated heterocycles. The first kappa shape index (κ1) is 48.4. The molecule has 0 amide bonds. The molecule has 0 fully saturated rings. The summed E-state index contributed by atoms with van der Waals surface area (Å²) in [5.74, 6) is 0. The van der Waals surface area contributed by atoms with Gasteiger partial charge in [-0.1, -0.05) is 7.43 Å². The minimum absolute atomic E-state index is 0. The number of hydrogen-bond donors (Lipinski definition) is 1. The van der Waals surface area contributed by atoms with Crippen LogP contribution in [0, 0.1) is 0 Å².